The number of benzene rings is 1. The second-order valence-electron chi connectivity index (χ2n) is 4.13. The zero-order valence-corrected chi connectivity index (χ0v) is 10.7. The third-order valence-corrected chi connectivity index (χ3v) is 2.66. The van der Waals surface area contributed by atoms with E-state index in [0.29, 0.717) is 18.0 Å². The van der Waals surface area contributed by atoms with Gasteiger partial charge in [0.2, 0.25) is 0 Å². The monoisotopic (exact) mass is 297 g/mol. The van der Waals surface area contributed by atoms with Crippen LogP contribution in [0.5, 0.6) is 0 Å². The van der Waals surface area contributed by atoms with Crippen molar-refractivity contribution in [2.24, 2.45) is 0 Å². The molecule has 1 amide bonds. The van der Waals surface area contributed by atoms with E-state index in [4.69, 9.17) is 0 Å². The van der Waals surface area contributed by atoms with Gasteiger partial charge >= 0.3 is 0 Å². The molecule has 110 valence electrons. The fourth-order valence-electron chi connectivity index (χ4n) is 1.67. The van der Waals surface area contributed by atoms with E-state index in [1.807, 2.05) is 0 Å². The fourth-order valence-corrected chi connectivity index (χ4v) is 1.67. The standard InChI is InChI=1S/C11H9F2N5O3/c1-17(4-10-14-5-15-16-10)11(19)6-2-7(12)8(13)3-9(6)18(20)21/h2-3,5H,4H2,1H3,(H,14,15,16). The average Bonchev–Trinajstić information content (AvgIpc) is 2.93. The van der Waals surface area contributed by atoms with Gasteiger partial charge in [0, 0.05) is 7.05 Å². The highest BCUT2D eigenvalue weighted by Crippen LogP contribution is 2.23. The molecule has 0 bridgehead atoms. The number of nitrogens with one attached hydrogen (secondary N) is 1. The van der Waals surface area contributed by atoms with Gasteiger partial charge in [0.25, 0.3) is 11.6 Å². The van der Waals surface area contributed by atoms with Gasteiger partial charge < -0.3 is 4.90 Å². The Balaban J connectivity index is 2.33. The van der Waals surface area contributed by atoms with E-state index in [1.165, 1.54) is 13.4 Å². The summed E-state index contributed by atoms with van der Waals surface area (Å²) < 4.78 is 26.3. The molecule has 21 heavy (non-hydrogen) atoms. The van der Waals surface area contributed by atoms with Crippen LogP contribution in [0.4, 0.5) is 14.5 Å². The number of rotatable bonds is 4. The molecule has 1 aromatic carbocycles. The van der Waals surface area contributed by atoms with E-state index < -0.39 is 33.7 Å². The number of hydrogen-bond acceptors (Lipinski definition) is 5. The summed E-state index contributed by atoms with van der Waals surface area (Å²) in [6.45, 7) is -0.0189. The SMILES string of the molecule is CN(Cc1ncn[nH]1)C(=O)c1cc(F)c(F)cc1[N+](=O)[O-]. The molecule has 10 heteroatoms. The normalized spacial score (nSPS) is 10.4. The number of nitrogens with zero attached hydrogens (tertiary/aromatic N) is 4. The molecular weight excluding hydrogens is 288 g/mol. The van der Waals surface area contributed by atoms with Gasteiger partial charge in [-0.1, -0.05) is 0 Å². The van der Waals surface area contributed by atoms with Crippen LogP contribution < -0.4 is 0 Å². The molecule has 2 rings (SSSR count). The summed E-state index contributed by atoms with van der Waals surface area (Å²) in [7, 11) is 1.34. The predicted molar refractivity (Wildman–Crippen MR) is 65.2 cm³/mol. The van der Waals surface area contributed by atoms with Gasteiger partial charge in [0.05, 0.1) is 17.5 Å². The number of amides is 1. The molecule has 0 atom stereocenters. The summed E-state index contributed by atoms with van der Waals surface area (Å²) in [6.07, 6.45) is 1.23. The van der Waals surface area contributed by atoms with E-state index >= 15 is 0 Å². The molecule has 0 radical (unpaired) electrons. The van der Waals surface area contributed by atoms with Gasteiger partial charge in [-0.15, -0.1) is 0 Å². The minimum absolute atomic E-state index is 0.0189. The molecule has 2 aromatic rings. The number of aromatic amines is 1. The number of carbonyl (C=O) groups excluding carboxylic acids is 1. The van der Waals surface area contributed by atoms with Gasteiger partial charge in [0.1, 0.15) is 17.7 Å². The van der Waals surface area contributed by atoms with Gasteiger partial charge in [-0.3, -0.25) is 20.0 Å². The van der Waals surface area contributed by atoms with Gasteiger partial charge in [-0.25, -0.2) is 13.8 Å². The zero-order valence-electron chi connectivity index (χ0n) is 10.7. The van der Waals surface area contributed by atoms with Crippen molar-refractivity contribution >= 4 is 11.6 Å². The van der Waals surface area contributed by atoms with Crippen LogP contribution in [-0.4, -0.2) is 38.0 Å². The molecule has 0 aliphatic heterocycles. The van der Waals surface area contributed by atoms with Crippen LogP contribution in [0.15, 0.2) is 18.5 Å². The Hall–Kier alpha value is -2.91. The van der Waals surface area contributed by atoms with Crippen molar-refractivity contribution in [2.75, 3.05) is 7.05 Å². The van der Waals surface area contributed by atoms with Crippen LogP contribution in [-0.2, 0) is 6.54 Å². The molecule has 1 N–H and O–H groups in total. The first-order chi connectivity index (χ1) is 9.90. The average molecular weight is 297 g/mol. The topological polar surface area (TPSA) is 105 Å². The van der Waals surface area contributed by atoms with E-state index in [9.17, 15) is 23.7 Å². The zero-order chi connectivity index (χ0) is 15.6. The van der Waals surface area contributed by atoms with E-state index in [-0.39, 0.29) is 6.54 Å². The summed E-state index contributed by atoms with van der Waals surface area (Å²) >= 11 is 0. The van der Waals surface area contributed by atoms with Crippen LogP contribution in [0.3, 0.4) is 0 Å². The first kappa shape index (κ1) is 14.5. The van der Waals surface area contributed by atoms with Gasteiger partial charge in [0.15, 0.2) is 11.6 Å². The predicted octanol–water partition coefficient (Wildman–Crippen LogP) is 1.26. The third kappa shape index (κ3) is 2.99. The van der Waals surface area contributed by atoms with Crippen molar-refractivity contribution in [2.45, 2.75) is 6.54 Å². The lowest BCUT2D eigenvalue weighted by atomic mass is 10.1. The number of H-pyrrole nitrogens is 1. The molecule has 0 fully saturated rings. The second kappa shape index (κ2) is 5.61. The van der Waals surface area contributed by atoms with Crippen molar-refractivity contribution < 1.29 is 18.5 Å². The summed E-state index contributed by atoms with van der Waals surface area (Å²) in [5.41, 5.74) is -1.34. The number of nitro groups is 1. The minimum Gasteiger partial charge on any atom is -0.334 e. The Morgan fingerprint density at radius 3 is 2.67 bits per heavy atom. The molecule has 0 aliphatic carbocycles. The Labute approximate surface area is 116 Å². The maximum Gasteiger partial charge on any atom is 0.285 e. The highest BCUT2D eigenvalue weighted by atomic mass is 19.2. The first-order valence-electron chi connectivity index (χ1n) is 5.63. The van der Waals surface area contributed by atoms with Gasteiger partial charge in [-0.05, 0) is 6.07 Å². The molecule has 1 aromatic heterocycles. The number of hydrogen-bond donors (Lipinski definition) is 1. The molecule has 0 aliphatic rings. The van der Waals surface area contributed by atoms with Crippen molar-refractivity contribution in [3.8, 4) is 0 Å². The molecule has 0 spiro atoms. The smallest absolute Gasteiger partial charge is 0.285 e. The fraction of sp³-hybridized carbons (Fsp3) is 0.182. The number of aromatic nitrogens is 3. The van der Waals surface area contributed by atoms with E-state index in [2.05, 4.69) is 15.2 Å². The summed E-state index contributed by atoms with van der Waals surface area (Å²) in [6, 6.07) is 0.886. The minimum atomic E-state index is -1.39. The van der Waals surface area contributed by atoms with Crippen LogP contribution in [0.25, 0.3) is 0 Å². The summed E-state index contributed by atoms with van der Waals surface area (Å²) in [5, 5.41) is 16.9. The van der Waals surface area contributed by atoms with E-state index in [0.717, 1.165) is 4.90 Å². The Bertz CT molecular complexity index is 689. The third-order valence-electron chi connectivity index (χ3n) is 2.66. The number of halogens is 2. The van der Waals surface area contributed by atoms with Crippen LogP contribution in [0.1, 0.15) is 16.2 Å². The maximum atomic E-state index is 13.2. The molecule has 0 saturated heterocycles. The van der Waals surface area contributed by atoms with Crippen molar-refractivity contribution in [1.29, 1.82) is 0 Å². The Morgan fingerprint density at radius 2 is 2.10 bits per heavy atom. The van der Waals surface area contributed by atoms with Crippen LogP contribution in [0, 0.1) is 21.7 Å². The lowest BCUT2D eigenvalue weighted by Gasteiger charge is -2.15. The van der Waals surface area contributed by atoms with Crippen molar-refractivity contribution in [3.63, 3.8) is 0 Å². The molecule has 1 heterocycles. The van der Waals surface area contributed by atoms with Crippen molar-refractivity contribution in [3.05, 3.63) is 51.6 Å². The highest BCUT2D eigenvalue weighted by molar-refractivity contribution is 5.98. The lowest BCUT2D eigenvalue weighted by molar-refractivity contribution is -0.385. The maximum absolute atomic E-state index is 13.2. The largest absolute Gasteiger partial charge is 0.334 e. The van der Waals surface area contributed by atoms with E-state index in [1.54, 1.807) is 0 Å². The molecule has 8 nitrogen and oxygen atoms in total. The second-order valence-corrected chi connectivity index (χ2v) is 4.13. The van der Waals surface area contributed by atoms with Crippen molar-refractivity contribution in [1.82, 2.24) is 20.1 Å². The van der Waals surface area contributed by atoms with Crippen LogP contribution >= 0.6 is 0 Å². The Kier molecular flexibility index (Phi) is 3.87. The highest BCUT2D eigenvalue weighted by Gasteiger charge is 2.26. The molecular formula is C11H9F2N5O3. The number of nitro benzene ring substituents is 1. The Morgan fingerprint density at radius 1 is 1.43 bits per heavy atom. The quantitative estimate of drug-likeness (QED) is 0.675. The van der Waals surface area contributed by atoms with Gasteiger partial charge in [-0.2, -0.15) is 5.10 Å². The summed E-state index contributed by atoms with van der Waals surface area (Å²) in [4.78, 5) is 26.9. The molecule has 0 unspecified atom stereocenters. The lowest BCUT2D eigenvalue weighted by Crippen LogP contribution is -2.27. The number of carbonyl (C=O) groups is 1. The summed E-state index contributed by atoms with van der Waals surface area (Å²) in [5.74, 6) is -3.22. The van der Waals surface area contributed by atoms with Crippen LogP contribution in [0.2, 0.25) is 0 Å². The first-order valence-corrected chi connectivity index (χ1v) is 5.63. The molecule has 0 saturated carbocycles.